The smallest absolute Gasteiger partial charge is 0.409 e. The Morgan fingerprint density at radius 3 is 2.26 bits per heavy atom. The first-order valence-corrected chi connectivity index (χ1v) is 12.7. The fraction of sp³-hybridized carbons (Fsp3) is 0.833. The van der Waals surface area contributed by atoms with Crippen LogP contribution in [-0.2, 0) is 9.53 Å². The molecule has 3 rings (SSSR count). The van der Waals surface area contributed by atoms with Crippen LogP contribution in [0.3, 0.4) is 0 Å². The summed E-state index contributed by atoms with van der Waals surface area (Å²) in [5.74, 6) is 0.0835. The fourth-order valence-electron chi connectivity index (χ4n) is 5.11. The quantitative estimate of drug-likeness (QED) is 0.605. The van der Waals surface area contributed by atoms with Crippen LogP contribution in [0.5, 0.6) is 0 Å². The highest BCUT2D eigenvalue weighted by Gasteiger charge is 2.40. The Labute approximate surface area is 202 Å². The van der Waals surface area contributed by atoms with E-state index < -0.39 is 17.7 Å². The lowest BCUT2D eigenvalue weighted by molar-refractivity contribution is -0.125. The number of piperidine rings is 1. The van der Waals surface area contributed by atoms with Crippen molar-refractivity contribution in [1.29, 1.82) is 5.26 Å². The number of rotatable bonds is 6. The van der Waals surface area contributed by atoms with Gasteiger partial charge in [-0.15, -0.1) is 0 Å². The molecule has 1 atom stereocenters. The van der Waals surface area contributed by atoms with Gasteiger partial charge in [0.2, 0.25) is 5.91 Å². The number of nitrogens with zero attached hydrogens (tertiary/aromatic N) is 4. The first kappa shape index (κ1) is 26.1. The van der Waals surface area contributed by atoms with E-state index >= 15 is 0 Å². The summed E-state index contributed by atoms with van der Waals surface area (Å²) < 4.78 is 5.06. The number of hydrogen-bond donors (Lipinski definition) is 2. The Morgan fingerprint density at radius 2 is 1.68 bits per heavy atom. The van der Waals surface area contributed by atoms with Crippen molar-refractivity contribution in [2.75, 3.05) is 52.9 Å². The van der Waals surface area contributed by atoms with Gasteiger partial charge in [-0.3, -0.25) is 4.79 Å². The summed E-state index contributed by atoms with van der Waals surface area (Å²) in [4.78, 5) is 43.9. The van der Waals surface area contributed by atoms with E-state index in [1.165, 1.54) is 6.42 Å². The van der Waals surface area contributed by atoms with Crippen LogP contribution in [-0.4, -0.2) is 97.2 Å². The molecule has 2 saturated heterocycles. The van der Waals surface area contributed by atoms with Gasteiger partial charge in [-0.2, -0.15) is 5.26 Å². The van der Waals surface area contributed by atoms with Crippen LogP contribution < -0.4 is 10.6 Å². The van der Waals surface area contributed by atoms with Crippen molar-refractivity contribution in [3.63, 3.8) is 0 Å². The van der Waals surface area contributed by atoms with Crippen molar-refractivity contribution in [1.82, 2.24) is 25.3 Å². The molecule has 3 fully saturated rings. The summed E-state index contributed by atoms with van der Waals surface area (Å²) in [6, 6.07) is 1.39. The highest BCUT2D eigenvalue weighted by atomic mass is 16.6. The maximum absolute atomic E-state index is 13.4. The molecule has 0 aromatic carbocycles. The number of piperazine rings is 1. The Balaban J connectivity index is 1.64. The van der Waals surface area contributed by atoms with Gasteiger partial charge in [-0.1, -0.05) is 32.1 Å². The van der Waals surface area contributed by atoms with Crippen LogP contribution >= 0.6 is 0 Å². The first-order valence-electron chi connectivity index (χ1n) is 12.7. The van der Waals surface area contributed by atoms with Gasteiger partial charge in [0, 0.05) is 52.1 Å². The lowest BCUT2D eigenvalue weighted by Crippen LogP contribution is -2.61. The summed E-state index contributed by atoms with van der Waals surface area (Å²) in [5, 5.41) is 15.9. The number of nitrogens with one attached hydrogen (secondary N) is 2. The number of carbonyl (C=O) groups is 3. The predicted molar refractivity (Wildman–Crippen MR) is 127 cm³/mol. The van der Waals surface area contributed by atoms with E-state index in [0.29, 0.717) is 58.0 Å². The zero-order chi connectivity index (χ0) is 24.6. The number of amides is 4. The second-order valence-electron chi connectivity index (χ2n) is 9.90. The van der Waals surface area contributed by atoms with E-state index in [0.717, 1.165) is 38.8 Å². The molecule has 10 nitrogen and oxygen atoms in total. The minimum Gasteiger partial charge on any atom is -0.450 e. The van der Waals surface area contributed by atoms with Gasteiger partial charge in [0.25, 0.3) is 0 Å². The minimum atomic E-state index is -1.05. The molecule has 0 aromatic heterocycles. The standard InChI is InChI=1S/C24H40N6O4/c1-3-34-23(33)30-11-9-24(18-25,10-12-30)27-21(31)20(17-19-7-5-4-6-8-19)26-22(32)29-15-13-28(2)14-16-29/h19-20H,3-17H2,1-2H3,(H,26,32)(H,27,31). The molecular formula is C24H40N6O4. The minimum absolute atomic E-state index is 0.216. The van der Waals surface area contributed by atoms with Gasteiger partial charge >= 0.3 is 12.1 Å². The van der Waals surface area contributed by atoms with Crippen LogP contribution in [0.25, 0.3) is 0 Å². The van der Waals surface area contributed by atoms with Crippen molar-refractivity contribution >= 4 is 18.0 Å². The monoisotopic (exact) mass is 476 g/mol. The van der Waals surface area contributed by atoms with Crippen molar-refractivity contribution in [2.24, 2.45) is 5.92 Å². The molecule has 1 unspecified atom stereocenters. The third-order valence-electron chi connectivity index (χ3n) is 7.42. The molecule has 3 aliphatic rings. The topological polar surface area (TPSA) is 118 Å². The zero-order valence-electron chi connectivity index (χ0n) is 20.7. The molecule has 0 bridgehead atoms. The number of hydrogen-bond acceptors (Lipinski definition) is 6. The largest absolute Gasteiger partial charge is 0.450 e. The molecular weight excluding hydrogens is 436 g/mol. The highest BCUT2D eigenvalue weighted by Crippen LogP contribution is 2.28. The van der Waals surface area contributed by atoms with Crippen LogP contribution in [0.15, 0.2) is 0 Å². The highest BCUT2D eigenvalue weighted by molar-refractivity contribution is 5.88. The molecule has 0 spiro atoms. The van der Waals surface area contributed by atoms with E-state index in [4.69, 9.17) is 4.74 Å². The van der Waals surface area contributed by atoms with Crippen molar-refractivity contribution < 1.29 is 19.1 Å². The van der Waals surface area contributed by atoms with Crippen molar-refractivity contribution in [3.8, 4) is 6.07 Å². The zero-order valence-corrected chi connectivity index (χ0v) is 20.7. The molecule has 34 heavy (non-hydrogen) atoms. The third kappa shape index (κ3) is 6.98. The summed E-state index contributed by atoms with van der Waals surface area (Å²) in [5.41, 5.74) is -1.05. The Bertz CT molecular complexity index is 747. The van der Waals surface area contributed by atoms with Gasteiger partial charge < -0.3 is 30.1 Å². The molecule has 190 valence electrons. The number of likely N-dealkylation sites (N-methyl/N-ethyl adjacent to an activating group) is 1. The van der Waals surface area contributed by atoms with Gasteiger partial charge in [-0.05, 0) is 26.3 Å². The van der Waals surface area contributed by atoms with Crippen LogP contribution in [0.1, 0.15) is 58.3 Å². The van der Waals surface area contributed by atoms with E-state index in [-0.39, 0.29) is 11.9 Å². The van der Waals surface area contributed by atoms with E-state index in [2.05, 4.69) is 21.6 Å². The normalized spacial score (nSPS) is 22.4. The lowest BCUT2D eigenvalue weighted by Gasteiger charge is -2.38. The lowest BCUT2D eigenvalue weighted by atomic mass is 9.84. The Morgan fingerprint density at radius 1 is 1.03 bits per heavy atom. The van der Waals surface area contributed by atoms with Gasteiger partial charge in [0.1, 0.15) is 11.6 Å². The van der Waals surface area contributed by atoms with E-state index in [9.17, 15) is 19.6 Å². The predicted octanol–water partition coefficient (Wildman–Crippen LogP) is 1.91. The molecule has 1 aliphatic carbocycles. The van der Waals surface area contributed by atoms with E-state index in [1.807, 2.05) is 7.05 Å². The average Bonchev–Trinajstić information content (AvgIpc) is 2.85. The SMILES string of the molecule is CCOC(=O)N1CCC(C#N)(NC(=O)C(CC2CCCCC2)NC(=O)N2CCN(C)CC2)CC1. The molecule has 0 aromatic rings. The first-order chi connectivity index (χ1) is 16.4. The summed E-state index contributed by atoms with van der Waals surface area (Å²) in [7, 11) is 2.03. The van der Waals surface area contributed by atoms with E-state index in [1.54, 1.807) is 16.7 Å². The number of carbonyl (C=O) groups excluding carboxylic acids is 3. The number of ether oxygens (including phenoxy) is 1. The third-order valence-corrected chi connectivity index (χ3v) is 7.42. The second kappa shape index (κ2) is 12.2. The van der Waals surface area contributed by atoms with Crippen LogP contribution in [0, 0.1) is 17.2 Å². The second-order valence-corrected chi connectivity index (χ2v) is 9.90. The fourth-order valence-corrected chi connectivity index (χ4v) is 5.11. The summed E-state index contributed by atoms with van der Waals surface area (Å²) >= 11 is 0. The van der Waals surface area contributed by atoms with Crippen molar-refractivity contribution in [2.45, 2.75) is 69.9 Å². The van der Waals surface area contributed by atoms with Gasteiger partial charge in [0.15, 0.2) is 0 Å². The molecule has 1 saturated carbocycles. The van der Waals surface area contributed by atoms with Gasteiger partial charge in [-0.25, -0.2) is 9.59 Å². The van der Waals surface area contributed by atoms with Gasteiger partial charge in [0.05, 0.1) is 12.7 Å². The van der Waals surface area contributed by atoms with Crippen molar-refractivity contribution in [3.05, 3.63) is 0 Å². The molecule has 2 N–H and O–H groups in total. The maximum atomic E-state index is 13.4. The molecule has 10 heteroatoms. The van der Waals surface area contributed by atoms with Crippen LogP contribution in [0.4, 0.5) is 9.59 Å². The number of urea groups is 1. The molecule has 0 radical (unpaired) electrons. The molecule has 4 amide bonds. The number of likely N-dealkylation sites (tertiary alicyclic amines) is 1. The summed E-state index contributed by atoms with van der Waals surface area (Å²) in [6.07, 6.45) is 6.49. The Hall–Kier alpha value is -2.54. The number of nitriles is 1. The molecule has 2 heterocycles. The Kier molecular flexibility index (Phi) is 9.39. The average molecular weight is 477 g/mol. The maximum Gasteiger partial charge on any atom is 0.409 e. The van der Waals surface area contributed by atoms with Crippen LogP contribution in [0.2, 0.25) is 0 Å². The summed E-state index contributed by atoms with van der Waals surface area (Å²) in [6.45, 7) is 5.61. The molecule has 2 aliphatic heterocycles.